The molecule has 0 amide bonds. The lowest BCUT2D eigenvalue weighted by Crippen LogP contribution is -2.34. The molecule has 3 rings (SSSR count). The largest absolute Gasteiger partial charge is 0.493 e. The molecule has 8 nitrogen and oxygen atoms in total. The number of aliphatic hydroxyl groups is 1. The van der Waals surface area contributed by atoms with Crippen LogP contribution in [0.3, 0.4) is 0 Å². The summed E-state index contributed by atoms with van der Waals surface area (Å²) in [5.41, 5.74) is 1.77. The normalized spacial score (nSPS) is 13.1. The summed E-state index contributed by atoms with van der Waals surface area (Å²) in [7, 11) is 4.67. The van der Waals surface area contributed by atoms with E-state index < -0.39 is 6.10 Å². The summed E-state index contributed by atoms with van der Waals surface area (Å²) in [5, 5.41) is 18.0. The summed E-state index contributed by atoms with van der Waals surface area (Å²) in [6, 6.07) is 13.3. The second kappa shape index (κ2) is 11.0. The number of aromatic nitrogens is 2. The second-order valence-corrected chi connectivity index (χ2v) is 7.84. The number of ether oxygens (including phenoxy) is 3. The van der Waals surface area contributed by atoms with Crippen LogP contribution in [0.25, 0.3) is 11.4 Å². The van der Waals surface area contributed by atoms with Crippen molar-refractivity contribution in [1.82, 2.24) is 15.5 Å². The first-order valence-electron chi connectivity index (χ1n) is 10.6. The van der Waals surface area contributed by atoms with Gasteiger partial charge in [-0.3, -0.25) is 0 Å². The van der Waals surface area contributed by atoms with E-state index >= 15 is 0 Å². The van der Waals surface area contributed by atoms with Crippen LogP contribution in [0.15, 0.2) is 47.0 Å². The molecule has 2 atom stereocenters. The third-order valence-electron chi connectivity index (χ3n) is 5.18. The first-order chi connectivity index (χ1) is 15.5. The molecule has 3 aromatic rings. The molecule has 0 radical (unpaired) electrons. The number of methoxy groups -OCH3 is 3. The van der Waals surface area contributed by atoms with Crippen molar-refractivity contribution in [3.8, 4) is 28.6 Å². The molecule has 0 spiro atoms. The fourth-order valence-electron chi connectivity index (χ4n) is 3.52. The third-order valence-corrected chi connectivity index (χ3v) is 5.18. The first-order valence-corrected chi connectivity index (χ1v) is 10.6. The zero-order valence-electron chi connectivity index (χ0n) is 19.2. The second-order valence-electron chi connectivity index (χ2n) is 7.84. The summed E-state index contributed by atoms with van der Waals surface area (Å²) in [4.78, 5) is 4.60. The maximum atomic E-state index is 10.5. The highest BCUT2D eigenvalue weighted by Crippen LogP contribution is 2.40. The lowest BCUT2D eigenvalue weighted by atomic mass is 10.0. The first kappa shape index (κ1) is 23.6. The Morgan fingerprint density at radius 1 is 1.00 bits per heavy atom. The molecule has 2 aromatic carbocycles. The fraction of sp³-hybridized carbons (Fsp3) is 0.417. The third kappa shape index (κ3) is 5.57. The summed E-state index contributed by atoms with van der Waals surface area (Å²) in [6.45, 7) is 4.52. The maximum Gasteiger partial charge on any atom is 0.244 e. The van der Waals surface area contributed by atoms with Gasteiger partial charge in [0.25, 0.3) is 0 Å². The Labute approximate surface area is 188 Å². The molecular weight excluding hydrogens is 410 g/mol. The molecule has 0 fully saturated rings. The topological polar surface area (TPSA) is 98.9 Å². The van der Waals surface area contributed by atoms with Gasteiger partial charge in [-0.15, -0.1) is 0 Å². The van der Waals surface area contributed by atoms with E-state index in [1.54, 1.807) is 33.5 Å². The van der Waals surface area contributed by atoms with Gasteiger partial charge in [0.2, 0.25) is 17.5 Å². The van der Waals surface area contributed by atoms with Gasteiger partial charge in [-0.1, -0.05) is 49.3 Å². The van der Waals surface area contributed by atoms with Crippen LogP contribution in [0.2, 0.25) is 0 Å². The zero-order valence-corrected chi connectivity index (χ0v) is 19.2. The highest BCUT2D eigenvalue weighted by Gasteiger charge is 2.24. The zero-order chi connectivity index (χ0) is 23.1. The van der Waals surface area contributed by atoms with Crippen molar-refractivity contribution in [2.45, 2.75) is 32.4 Å². The maximum absolute atomic E-state index is 10.5. The van der Waals surface area contributed by atoms with Crippen LogP contribution >= 0.6 is 0 Å². The van der Waals surface area contributed by atoms with Gasteiger partial charge in [-0.25, -0.2) is 0 Å². The molecular formula is C24H31N3O5. The van der Waals surface area contributed by atoms with Crippen molar-refractivity contribution in [1.29, 1.82) is 0 Å². The molecule has 2 N–H and O–H groups in total. The van der Waals surface area contributed by atoms with Crippen LogP contribution in [0, 0.1) is 5.92 Å². The van der Waals surface area contributed by atoms with E-state index in [0.29, 0.717) is 47.5 Å². The van der Waals surface area contributed by atoms with E-state index in [1.165, 1.54) is 0 Å². The SMILES string of the molecule is COc1cc(-c2noc([C@@H](NC[C@@H](O)Cc3ccccc3)C(C)C)n2)cc(OC)c1OC. The molecule has 0 saturated heterocycles. The highest BCUT2D eigenvalue weighted by atomic mass is 16.5. The molecule has 8 heteroatoms. The van der Waals surface area contributed by atoms with Crippen molar-refractivity contribution < 1.29 is 23.8 Å². The number of aliphatic hydroxyl groups excluding tert-OH is 1. The Bertz CT molecular complexity index is 965. The van der Waals surface area contributed by atoms with Gasteiger partial charge in [0, 0.05) is 12.1 Å². The number of benzene rings is 2. The van der Waals surface area contributed by atoms with Gasteiger partial charge in [0.15, 0.2) is 11.5 Å². The van der Waals surface area contributed by atoms with Gasteiger partial charge >= 0.3 is 0 Å². The Balaban J connectivity index is 1.75. The smallest absolute Gasteiger partial charge is 0.244 e. The molecule has 0 aliphatic carbocycles. The molecule has 172 valence electrons. The predicted molar refractivity (Wildman–Crippen MR) is 121 cm³/mol. The average molecular weight is 442 g/mol. The monoisotopic (exact) mass is 441 g/mol. The lowest BCUT2D eigenvalue weighted by molar-refractivity contribution is 0.158. The molecule has 0 aliphatic rings. The van der Waals surface area contributed by atoms with Gasteiger partial charge in [0.1, 0.15) is 0 Å². The van der Waals surface area contributed by atoms with E-state index in [4.69, 9.17) is 18.7 Å². The molecule has 1 aromatic heterocycles. The minimum atomic E-state index is -0.531. The molecule has 1 heterocycles. The Morgan fingerprint density at radius 3 is 2.22 bits per heavy atom. The summed E-state index contributed by atoms with van der Waals surface area (Å²) in [6.07, 6.45) is 0.0373. The van der Waals surface area contributed by atoms with Crippen LogP contribution in [0.1, 0.15) is 31.3 Å². The minimum absolute atomic E-state index is 0.173. The fourth-order valence-corrected chi connectivity index (χ4v) is 3.52. The van der Waals surface area contributed by atoms with Crippen LogP contribution in [0.5, 0.6) is 17.2 Å². The Kier molecular flexibility index (Phi) is 8.08. The summed E-state index contributed by atoms with van der Waals surface area (Å²) >= 11 is 0. The van der Waals surface area contributed by atoms with E-state index in [9.17, 15) is 5.11 Å². The summed E-state index contributed by atoms with van der Waals surface area (Å²) in [5.74, 6) is 2.56. The number of nitrogens with one attached hydrogen (secondary N) is 1. The van der Waals surface area contributed by atoms with E-state index in [2.05, 4.69) is 29.3 Å². The van der Waals surface area contributed by atoms with Crippen molar-refractivity contribution in [3.63, 3.8) is 0 Å². The Hall–Kier alpha value is -3.10. The minimum Gasteiger partial charge on any atom is -0.493 e. The predicted octanol–water partition coefficient (Wildman–Crippen LogP) is 3.65. The number of hydrogen-bond acceptors (Lipinski definition) is 8. The number of hydrogen-bond donors (Lipinski definition) is 2. The Morgan fingerprint density at radius 2 is 1.66 bits per heavy atom. The average Bonchev–Trinajstić information content (AvgIpc) is 3.28. The van der Waals surface area contributed by atoms with E-state index in [1.807, 2.05) is 30.3 Å². The van der Waals surface area contributed by atoms with E-state index in [-0.39, 0.29) is 12.0 Å². The van der Waals surface area contributed by atoms with Crippen molar-refractivity contribution in [2.75, 3.05) is 27.9 Å². The molecule has 32 heavy (non-hydrogen) atoms. The lowest BCUT2D eigenvalue weighted by Gasteiger charge is -2.20. The van der Waals surface area contributed by atoms with Gasteiger partial charge in [-0.05, 0) is 30.0 Å². The van der Waals surface area contributed by atoms with Gasteiger partial charge in [-0.2, -0.15) is 4.98 Å². The number of nitrogens with zero attached hydrogens (tertiary/aromatic N) is 2. The highest BCUT2D eigenvalue weighted by molar-refractivity contribution is 5.66. The van der Waals surface area contributed by atoms with Crippen LogP contribution < -0.4 is 19.5 Å². The molecule has 0 unspecified atom stereocenters. The van der Waals surface area contributed by atoms with E-state index in [0.717, 1.165) is 5.56 Å². The van der Waals surface area contributed by atoms with Crippen molar-refractivity contribution in [2.24, 2.45) is 5.92 Å². The van der Waals surface area contributed by atoms with Gasteiger partial charge < -0.3 is 29.2 Å². The summed E-state index contributed by atoms with van der Waals surface area (Å²) < 4.78 is 21.8. The van der Waals surface area contributed by atoms with Crippen molar-refractivity contribution >= 4 is 0 Å². The van der Waals surface area contributed by atoms with Crippen LogP contribution in [-0.2, 0) is 6.42 Å². The van der Waals surface area contributed by atoms with Crippen LogP contribution in [-0.4, -0.2) is 49.2 Å². The number of rotatable bonds is 11. The van der Waals surface area contributed by atoms with Crippen LogP contribution in [0.4, 0.5) is 0 Å². The van der Waals surface area contributed by atoms with Gasteiger partial charge in [0.05, 0.1) is 33.5 Å². The molecule has 0 aliphatic heterocycles. The molecule has 0 bridgehead atoms. The van der Waals surface area contributed by atoms with Crippen molar-refractivity contribution in [3.05, 3.63) is 53.9 Å². The quantitative estimate of drug-likeness (QED) is 0.465. The standard InChI is InChI=1S/C24H31N3O5/c1-15(2)21(25-14-18(28)11-16-9-7-6-8-10-16)24-26-23(27-32-24)17-12-19(29-3)22(31-5)20(13-17)30-4/h6-10,12-13,15,18,21,25,28H,11,14H2,1-5H3/t18-,21-/m0/s1. The molecule has 0 saturated carbocycles.